The fraction of sp³-hybridized carbons (Fsp3) is 0.250. The van der Waals surface area contributed by atoms with Crippen molar-refractivity contribution in [3.63, 3.8) is 0 Å². The minimum absolute atomic E-state index is 0.0292. The maximum atomic E-state index is 13.0. The largest absolute Gasteiger partial charge is 0.486 e. The van der Waals surface area contributed by atoms with Crippen molar-refractivity contribution in [2.45, 2.75) is 12.6 Å². The molecule has 104 valence electrons. The Labute approximate surface area is 117 Å². The smallest absolute Gasteiger partial charge is 0.161 e. The van der Waals surface area contributed by atoms with E-state index in [1.807, 2.05) is 30.3 Å². The molecule has 0 aromatic heterocycles. The van der Waals surface area contributed by atoms with E-state index in [2.05, 4.69) is 5.32 Å². The van der Waals surface area contributed by atoms with Gasteiger partial charge in [0.2, 0.25) is 0 Å². The van der Waals surface area contributed by atoms with Crippen molar-refractivity contribution in [1.29, 1.82) is 0 Å². The summed E-state index contributed by atoms with van der Waals surface area (Å²) in [6.45, 7) is 1.79. The van der Waals surface area contributed by atoms with Crippen LogP contribution in [0.5, 0.6) is 11.5 Å². The Balaban J connectivity index is 1.51. The van der Waals surface area contributed by atoms with Gasteiger partial charge in [-0.2, -0.15) is 0 Å². The highest BCUT2D eigenvalue weighted by molar-refractivity contribution is 5.40. The summed E-state index contributed by atoms with van der Waals surface area (Å²) >= 11 is 0. The SMILES string of the molecule is Fc1cccc(CNCC2COc3ccccc3O2)c1. The molecular formula is C16H16FNO2. The Kier molecular flexibility index (Phi) is 3.83. The van der Waals surface area contributed by atoms with Crippen molar-refractivity contribution in [3.05, 3.63) is 59.9 Å². The number of hydrogen-bond acceptors (Lipinski definition) is 3. The molecule has 1 N–H and O–H groups in total. The van der Waals surface area contributed by atoms with E-state index in [0.29, 0.717) is 19.7 Å². The highest BCUT2D eigenvalue weighted by Crippen LogP contribution is 2.30. The fourth-order valence-corrected chi connectivity index (χ4v) is 2.19. The number of para-hydroxylation sites is 2. The molecular weight excluding hydrogens is 257 g/mol. The third kappa shape index (κ3) is 3.08. The van der Waals surface area contributed by atoms with Crippen LogP contribution in [0.3, 0.4) is 0 Å². The average molecular weight is 273 g/mol. The molecule has 20 heavy (non-hydrogen) atoms. The molecule has 0 fully saturated rings. The summed E-state index contributed by atoms with van der Waals surface area (Å²) in [4.78, 5) is 0. The van der Waals surface area contributed by atoms with Crippen molar-refractivity contribution >= 4 is 0 Å². The van der Waals surface area contributed by atoms with Crippen LogP contribution in [0.25, 0.3) is 0 Å². The van der Waals surface area contributed by atoms with Gasteiger partial charge in [0.1, 0.15) is 18.5 Å². The molecule has 3 nitrogen and oxygen atoms in total. The molecule has 0 spiro atoms. The van der Waals surface area contributed by atoms with Gasteiger partial charge in [0.05, 0.1) is 0 Å². The van der Waals surface area contributed by atoms with Gasteiger partial charge in [-0.15, -0.1) is 0 Å². The number of benzene rings is 2. The first-order chi connectivity index (χ1) is 9.81. The minimum atomic E-state index is -0.213. The van der Waals surface area contributed by atoms with E-state index in [4.69, 9.17) is 9.47 Å². The Morgan fingerprint density at radius 1 is 1.10 bits per heavy atom. The second kappa shape index (κ2) is 5.92. The lowest BCUT2D eigenvalue weighted by Crippen LogP contribution is -2.38. The lowest BCUT2D eigenvalue weighted by Gasteiger charge is -2.26. The van der Waals surface area contributed by atoms with Crippen molar-refractivity contribution in [1.82, 2.24) is 5.32 Å². The topological polar surface area (TPSA) is 30.5 Å². The van der Waals surface area contributed by atoms with E-state index in [1.165, 1.54) is 12.1 Å². The molecule has 2 aromatic rings. The number of ether oxygens (including phenoxy) is 2. The summed E-state index contributed by atoms with van der Waals surface area (Å²) in [6.07, 6.45) is -0.0292. The molecule has 0 amide bonds. The summed E-state index contributed by atoms with van der Waals surface area (Å²) in [6, 6.07) is 14.2. The number of nitrogens with one attached hydrogen (secondary N) is 1. The maximum Gasteiger partial charge on any atom is 0.161 e. The Morgan fingerprint density at radius 2 is 1.95 bits per heavy atom. The molecule has 1 aliphatic rings. The van der Waals surface area contributed by atoms with Crippen LogP contribution in [0.15, 0.2) is 48.5 Å². The van der Waals surface area contributed by atoms with Crippen LogP contribution in [-0.2, 0) is 6.54 Å². The van der Waals surface area contributed by atoms with E-state index >= 15 is 0 Å². The molecule has 0 saturated carbocycles. The van der Waals surface area contributed by atoms with E-state index in [1.54, 1.807) is 6.07 Å². The van der Waals surface area contributed by atoms with E-state index in [0.717, 1.165) is 17.1 Å². The molecule has 1 aliphatic heterocycles. The Hall–Kier alpha value is -2.07. The third-order valence-electron chi connectivity index (χ3n) is 3.16. The molecule has 0 saturated heterocycles. The lowest BCUT2D eigenvalue weighted by atomic mass is 10.2. The van der Waals surface area contributed by atoms with Crippen LogP contribution in [0, 0.1) is 5.82 Å². The predicted octanol–water partition coefficient (Wildman–Crippen LogP) is 2.76. The van der Waals surface area contributed by atoms with Crippen LogP contribution in [-0.4, -0.2) is 19.3 Å². The molecule has 3 rings (SSSR count). The van der Waals surface area contributed by atoms with Gasteiger partial charge < -0.3 is 14.8 Å². The van der Waals surface area contributed by atoms with E-state index in [-0.39, 0.29) is 11.9 Å². The zero-order chi connectivity index (χ0) is 13.8. The highest BCUT2D eigenvalue weighted by atomic mass is 19.1. The zero-order valence-electron chi connectivity index (χ0n) is 11.0. The number of fused-ring (bicyclic) bond motifs is 1. The zero-order valence-corrected chi connectivity index (χ0v) is 11.0. The Bertz CT molecular complexity index is 588. The molecule has 2 aromatic carbocycles. The van der Waals surface area contributed by atoms with Gasteiger partial charge in [0.25, 0.3) is 0 Å². The number of rotatable bonds is 4. The fourth-order valence-electron chi connectivity index (χ4n) is 2.19. The predicted molar refractivity (Wildman–Crippen MR) is 74.5 cm³/mol. The maximum absolute atomic E-state index is 13.0. The first-order valence-corrected chi connectivity index (χ1v) is 6.65. The van der Waals surface area contributed by atoms with Crippen LogP contribution in [0.2, 0.25) is 0 Å². The third-order valence-corrected chi connectivity index (χ3v) is 3.16. The van der Waals surface area contributed by atoms with Gasteiger partial charge >= 0.3 is 0 Å². The lowest BCUT2D eigenvalue weighted by molar-refractivity contribution is 0.0902. The van der Waals surface area contributed by atoms with E-state index in [9.17, 15) is 4.39 Å². The van der Waals surface area contributed by atoms with Crippen LogP contribution < -0.4 is 14.8 Å². The minimum Gasteiger partial charge on any atom is -0.486 e. The van der Waals surface area contributed by atoms with Gasteiger partial charge in [-0.25, -0.2) is 4.39 Å². The second-order valence-corrected chi connectivity index (χ2v) is 4.76. The Morgan fingerprint density at radius 3 is 2.80 bits per heavy atom. The van der Waals surface area contributed by atoms with E-state index < -0.39 is 0 Å². The average Bonchev–Trinajstić information content (AvgIpc) is 2.47. The summed E-state index contributed by atoms with van der Waals surface area (Å²) in [5.41, 5.74) is 0.919. The number of halogens is 1. The molecule has 1 heterocycles. The molecule has 0 aliphatic carbocycles. The summed E-state index contributed by atoms with van der Waals surface area (Å²) in [7, 11) is 0. The quantitative estimate of drug-likeness (QED) is 0.929. The highest BCUT2D eigenvalue weighted by Gasteiger charge is 2.19. The van der Waals surface area contributed by atoms with Crippen LogP contribution >= 0.6 is 0 Å². The van der Waals surface area contributed by atoms with Gasteiger partial charge in [0.15, 0.2) is 11.5 Å². The van der Waals surface area contributed by atoms with Gasteiger partial charge in [-0.05, 0) is 29.8 Å². The molecule has 1 unspecified atom stereocenters. The first kappa shape index (κ1) is 12.9. The van der Waals surface area contributed by atoms with Crippen LogP contribution in [0.4, 0.5) is 4.39 Å². The summed E-state index contributed by atoms with van der Waals surface area (Å²) < 4.78 is 24.5. The molecule has 4 heteroatoms. The monoisotopic (exact) mass is 273 g/mol. The van der Waals surface area contributed by atoms with Crippen molar-refractivity contribution in [2.75, 3.05) is 13.2 Å². The standard InChI is InChI=1S/C16H16FNO2/c17-13-5-3-4-12(8-13)9-18-10-14-11-19-15-6-1-2-7-16(15)20-14/h1-8,14,18H,9-11H2. The van der Waals surface area contributed by atoms with Crippen molar-refractivity contribution in [3.8, 4) is 11.5 Å². The van der Waals surface area contributed by atoms with Crippen molar-refractivity contribution in [2.24, 2.45) is 0 Å². The summed E-state index contributed by atoms with van der Waals surface area (Å²) in [5.74, 6) is 1.35. The first-order valence-electron chi connectivity index (χ1n) is 6.65. The van der Waals surface area contributed by atoms with Crippen LogP contribution in [0.1, 0.15) is 5.56 Å². The molecule has 1 atom stereocenters. The molecule has 0 radical (unpaired) electrons. The number of hydrogen-bond donors (Lipinski definition) is 1. The second-order valence-electron chi connectivity index (χ2n) is 4.76. The molecule has 0 bridgehead atoms. The van der Waals surface area contributed by atoms with Gasteiger partial charge in [0, 0.05) is 13.1 Å². The van der Waals surface area contributed by atoms with Gasteiger partial charge in [-0.3, -0.25) is 0 Å². The normalized spacial score (nSPS) is 16.9. The van der Waals surface area contributed by atoms with Crippen molar-refractivity contribution < 1.29 is 13.9 Å². The summed E-state index contributed by atoms with van der Waals surface area (Å²) in [5, 5.41) is 3.26. The van der Waals surface area contributed by atoms with Gasteiger partial charge in [-0.1, -0.05) is 24.3 Å².